The molecule has 1 aliphatic carbocycles. The van der Waals surface area contributed by atoms with Gasteiger partial charge in [0.15, 0.2) is 0 Å². The van der Waals surface area contributed by atoms with Gasteiger partial charge in [-0.3, -0.25) is 4.68 Å². The van der Waals surface area contributed by atoms with Gasteiger partial charge in [-0.1, -0.05) is 42.5 Å². The van der Waals surface area contributed by atoms with Crippen molar-refractivity contribution in [3.8, 4) is 22.5 Å². The average molecular weight is 439 g/mol. The maximum Gasteiger partial charge on any atom is 0.141 e. The molecular weight excluding hydrogens is 412 g/mol. The minimum absolute atomic E-state index is 0.414. The fourth-order valence-electron chi connectivity index (χ4n) is 4.19. The van der Waals surface area contributed by atoms with Crippen LogP contribution in [-0.2, 0) is 19.1 Å². The molecule has 3 aromatic heterocycles. The molecule has 0 fully saturated rings. The molecule has 1 unspecified atom stereocenters. The monoisotopic (exact) mass is 438 g/mol. The van der Waals surface area contributed by atoms with Gasteiger partial charge in [0.05, 0.1) is 17.5 Å². The summed E-state index contributed by atoms with van der Waals surface area (Å²) < 4.78 is 1.75. The zero-order valence-corrected chi connectivity index (χ0v) is 18.7. The molecule has 0 bridgehead atoms. The molecule has 0 amide bonds. The van der Waals surface area contributed by atoms with Crippen molar-refractivity contribution in [1.29, 1.82) is 0 Å². The average Bonchev–Trinajstić information content (AvgIpc) is 3.40. The molecule has 7 nitrogen and oxygen atoms in total. The third-order valence-electron chi connectivity index (χ3n) is 6.15. The number of pyridine rings is 1. The van der Waals surface area contributed by atoms with E-state index in [-0.39, 0.29) is 0 Å². The van der Waals surface area contributed by atoms with Crippen molar-refractivity contribution in [3.63, 3.8) is 0 Å². The topological polar surface area (TPSA) is 106 Å². The van der Waals surface area contributed by atoms with Crippen LogP contribution in [0.15, 0.2) is 72.7 Å². The lowest BCUT2D eigenvalue weighted by Crippen LogP contribution is -2.24. The molecule has 4 N–H and O–H groups in total. The zero-order chi connectivity index (χ0) is 23.0. The van der Waals surface area contributed by atoms with Gasteiger partial charge in [0.25, 0.3) is 0 Å². The first-order valence-corrected chi connectivity index (χ1v) is 10.9. The maximum absolute atomic E-state index is 11.3. The third-order valence-corrected chi connectivity index (χ3v) is 6.15. The van der Waals surface area contributed by atoms with Gasteiger partial charge in [0.1, 0.15) is 17.2 Å². The van der Waals surface area contributed by atoms with Crippen LogP contribution in [0.3, 0.4) is 0 Å². The van der Waals surface area contributed by atoms with Crippen LogP contribution in [0.25, 0.3) is 28.6 Å². The number of fused-ring (bicyclic) bond motifs is 1. The Labute approximate surface area is 192 Å². The number of aryl methyl sites for hydroxylation is 1. The summed E-state index contributed by atoms with van der Waals surface area (Å²) in [6, 6.07) is 11.7. The number of allylic oxidation sites excluding steroid dienone is 2. The van der Waals surface area contributed by atoms with Crippen LogP contribution in [0, 0.1) is 0 Å². The van der Waals surface area contributed by atoms with Crippen LogP contribution >= 0.6 is 0 Å². The predicted octanol–water partition coefficient (Wildman–Crippen LogP) is 4.25. The molecule has 0 radical (unpaired) electrons. The third kappa shape index (κ3) is 3.99. The lowest BCUT2D eigenvalue weighted by atomic mass is 9.84. The second-order valence-electron chi connectivity index (χ2n) is 8.49. The van der Waals surface area contributed by atoms with Crippen molar-refractivity contribution >= 4 is 11.9 Å². The number of aromatic nitrogens is 5. The number of aromatic amines is 1. The van der Waals surface area contributed by atoms with Gasteiger partial charge in [0, 0.05) is 42.7 Å². The van der Waals surface area contributed by atoms with E-state index in [4.69, 9.17) is 10.7 Å². The molecule has 5 rings (SSSR count). The van der Waals surface area contributed by atoms with E-state index in [2.05, 4.69) is 21.1 Å². The van der Waals surface area contributed by atoms with Crippen LogP contribution in [0.2, 0.25) is 0 Å². The normalized spacial score (nSPS) is 17.8. The summed E-state index contributed by atoms with van der Waals surface area (Å²) in [7, 11) is 1.88. The fourth-order valence-corrected chi connectivity index (χ4v) is 4.19. The SMILES string of the molecule is Cn1cc(-c2cnc(N)c(-c3nc4c([nH]3)C/C=C(/C(C)(O)c3ccccc3)C/C=C\4)c2)cn1. The van der Waals surface area contributed by atoms with Crippen molar-refractivity contribution in [2.75, 3.05) is 5.73 Å². The molecule has 0 aliphatic heterocycles. The minimum Gasteiger partial charge on any atom is -0.383 e. The number of rotatable bonds is 4. The second kappa shape index (κ2) is 8.18. The van der Waals surface area contributed by atoms with E-state index in [1.54, 1.807) is 17.1 Å². The van der Waals surface area contributed by atoms with Crippen LogP contribution in [-0.4, -0.2) is 29.8 Å². The minimum atomic E-state index is -1.04. The maximum atomic E-state index is 11.3. The number of benzene rings is 1. The first-order chi connectivity index (χ1) is 15.9. The van der Waals surface area contributed by atoms with Crippen molar-refractivity contribution in [1.82, 2.24) is 24.7 Å². The first-order valence-electron chi connectivity index (χ1n) is 10.9. The molecular formula is C26H26N6O. The Morgan fingerprint density at radius 2 is 1.94 bits per heavy atom. The van der Waals surface area contributed by atoms with Crippen LogP contribution in [0.5, 0.6) is 0 Å². The standard InChI is InChI=1S/C26H26N6O/c1-26(33,19-7-4-3-5-8-19)20-9-6-10-22-23(12-11-20)31-25(30-22)21-13-17(14-28-24(21)27)18-15-29-32(2)16-18/h3-8,10-11,13-16,33H,9,12H2,1-2H3,(H2,27,28)(H,30,31)/b10-6-,20-11+. The van der Waals surface area contributed by atoms with Crippen molar-refractivity contribution < 1.29 is 5.11 Å². The number of H-pyrrole nitrogens is 1. The van der Waals surface area contributed by atoms with Crippen LogP contribution in [0.4, 0.5) is 5.82 Å². The summed E-state index contributed by atoms with van der Waals surface area (Å²) in [4.78, 5) is 12.6. The summed E-state index contributed by atoms with van der Waals surface area (Å²) in [5, 5.41) is 15.5. The van der Waals surface area contributed by atoms with E-state index in [0.717, 1.165) is 39.2 Å². The van der Waals surface area contributed by atoms with Crippen LogP contribution < -0.4 is 5.73 Å². The lowest BCUT2D eigenvalue weighted by Gasteiger charge is -2.27. The number of imidazole rings is 1. The number of hydrogen-bond donors (Lipinski definition) is 3. The van der Waals surface area contributed by atoms with Gasteiger partial charge in [-0.05, 0) is 36.6 Å². The molecule has 3 heterocycles. The largest absolute Gasteiger partial charge is 0.383 e. The summed E-state index contributed by atoms with van der Waals surface area (Å²) in [6.45, 7) is 1.85. The van der Waals surface area contributed by atoms with Crippen molar-refractivity contribution in [2.24, 2.45) is 7.05 Å². The molecule has 0 spiro atoms. The van der Waals surface area contributed by atoms with Gasteiger partial charge < -0.3 is 15.8 Å². The summed E-state index contributed by atoms with van der Waals surface area (Å²) in [5.41, 5.74) is 11.5. The highest BCUT2D eigenvalue weighted by molar-refractivity contribution is 5.76. The zero-order valence-electron chi connectivity index (χ0n) is 18.7. The smallest absolute Gasteiger partial charge is 0.141 e. The number of hydrogen-bond acceptors (Lipinski definition) is 5. The summed E-state index contributed by atoms with van der Waals surface area (Å²) in [6.07, 6.45) is 12.9. The van der Waals surface area contributed by atoms with E-state index in [1.807, 2.05) is 68.7 Å². The van der Waals surface area contributed by atoms with E-state index in [9.17, 15) is 5.11 Å². The number of nitrogens with two attached hydrogens (primary N) is 1. The number of nitrogens with one attached hydrogen (secondary N) is 1. The highest BCUT2D eigenvalue weighted by Gasteiger charge is 2.27. The Morgan fingerprint density at radius 1 is 1.12 bits per heavy atom. The lowest BCUT2D eigenvalue weighted by molar-refractivity contribution is 0.0949. The second-order valence-corrected chi connectivity index (χ2v) is 8.49. The molecule has 1 aliphatic rings. The van der Waals surface area contributed by atoms with Crippen molar-refractivity contribution in [2.45, 2.75) is 25.4 Å². The predicted molar refractivity (Wildman–Crippen MR) is 130 cm³/mol. The fraction of sp³-hybridized carbons (Fsp3) is 0.192. The molecule has 1 atom stereocenters. The van der Waals surface area contributed by atoms with E-state index < -0.39 is 5.60 Å². The molecule has 166 valence electrons. The van der Waals surface area contributed by atoms with Gasteiger partial charge in [-0.25, -0.2) is 9.97 Å². The molecule has 4 aromatic rings. The molecule has 1 aromatic carbocycles. The first kappa shape index (κ1) is 20.9. The molecule has 33 heavy (non-hydrogen) atoms. The highest BCUT2D eigenvalue weighted by Crippen LogP contribution is 2.34. The van der Waals surface area contributed by atoms with Crippen LogP contribution in [0.1, 0.15) is 30.3 Å². The number of anilines is 1. The molecule has 0 saturated heterocycles. The van der Waals surface area contributed by atoms with E-state index >= 15 is 0 Å². The van der Waals surface area contributed by atoms with E-state index in [1.165, 1.54) is 0 Å². The number of nitrogen functional groups attached to an aromatic ring is 1. The van der Waals surface area contributed by atoms with Gasteiger partial charge in [0.2, 0.25) is 0 Å². The van der Waals surface area contributed by atoms with E-state index in [0.29, 0.717) is 24.5 Å². The Morgan fingerprint density at radius 3 is 2.70 bits per heavy atom. The summed E-state index contributed by atoms with van der Waals surface area (Å²) in [5.74, 6) is 1.09. The Kier molecular flexibility index (Phi) is 5.18. The number of aliphatic hydroxyl groups is 1. The molecule has 0 saturated carbocycles. The Balaban J connectivity index is 1.48. The number of nitrogens with zero attached hydrogens (tertiary/aromatic N) is 4. The molecule has 7 heteroatoms. The quantitative estimate of drug-likeness (QED) is 0.413. The summed E-state index contributed by atoms with van der Waals surface area (Å²) >= 11 is 0. The highest BCUT2D eigenvalue weighted by atomic mass is 16.3. The van der Waals surface area contributed by atoms with Gasteiger partial charge >= 0.3 is 0 Å². The Bertz CT molecular complexity index is 1360. The van der Waals surface area contributed by atoms with Crippen molar-refractivity contribution in [3.05, 3.63) is 89.7 Å². The van der Waals surface area contributed by atoms with Gasteiger partial charge in [-0.15, -0.1) is 0 Å². The Hall–Kier alpha value is -3.97. The van der Waals surface area contributed by atoms with Gasteiger partial charge in [-0.2, -0.15) is 5.10 Å².